The second-order valence-electron chi connectivity index (χ2n) is 5.49. The van der Waals surface area contributed by atoms with Crippen LogP contribution in [-0.4, -0.2) is 36.1 Å². The maximum absolute atomic E-state index is 5.66. The number of morpholine rings is 1. The lowest BCUT2D eigenvalue weighted by atomic mass is 10.1. The van der Waals surface area contributed by atoms with Gasteiger partial charge in [-0.05, 0) is 49.3 Å². The molecule has 3 rings (SSSR count). The summed E-state index contributed by atoms with van der Waals surface area (Å²) in [5.41, 5.74) is 3.46. The molecule has 5 nitrogen and oxygen atoms in total. The molecule has 0 unspecified atom stereocenters. The maximum Gasteiger partial charge on any atom is 0.292 e. The van der Waals surface area contributed by atoms with E-state index < -0.39 is 0 Å². The minimum atomic E-state index is 0.433. The Hall–Kier alpha value is -1.50. The molecule has 1 fully saturated rings. The van der Waals surface area contributed by atoms with Crippen molar-refractivity contribution in [2.75, 3.05) is 26.3 Å². The highest BCUT2D eigenvalue weighted by Gasteiger charge is 2.17. The van der Waals surface area contributed by atoms with Crippen LogP contribution in [0.4, 0.5) is 0 Å². The van der Waals surface area contributed by atoms with Gasteiger partial charge < -0.3 is 14.1 Å². The highest BCUT2D eigenvalue weighted by molar-refractivity contribution is 7.71. The highest BCUT2D eigenvalue weighted by Crippen LogP contribution is 2.20. The van der Waals surface area contributed by atoms with Crippen LogP contribution in [0.2, 0.25) is 0 Å². The summed E-state index contributed by atoms with van der Waals surface area (Å²) < 4.78 is 12.8. The van der Waals surface area contributed by atoms with Gasteiger partial charge in [0.1, 0.15) is 13.1 Å². The van der Waals surface area contributed by atoms with Gasteiger partial charge in [0.25, 0.3) is 4.84 Å². The Morgan fingerprint density at radius 3 is 2.71 bits per heavy atom. The van der Waals surface area contributed by atoms with Gasteiger partial charge in [-0.25, -0.2) is 0 Å². The van der Waals surface area contributed by atoms with Gasteiger partial charge >= 0.3 is 0 Å². The molecule has 21 heavy (non-hydrogen) atoms. The fourth-order valence-electron chi connectivity index (χ4n) is 2.43. The van der Waals surface area contributed by atoms with Crippen LogP contribution in [0.15, 0.2) is 22.6 Å². The summed E-state index contributed by atoms with van der Waals surface area (Å²) in [5.74, 6) is 0.593. The van der Waals surface area contributed by atoms with Crippen LogP contribution >= 0.6 is 12.2 Å². The topological polar surface area (TPSA) is 44.6 Å². The zero-order valence-corrected chi connectivity index (χ0v) is 13.2. The van der Waals surface area contributed by atoms with Crippen molar-refractivity contribution in [3.8, 4) is 11.5 Å². The van der Waals surface area contributed by atoms with E-state index in [1.807, 2.05) is 6.07 Å². The van der Waals surface area contributed by atoms with Gasteiger partial charge in [-0.2, -0.15) is 4.68 Å². The molecular weight excluding hydrogens is 286 g/mol. The molecule has 1 aromatic carbocycles. The summed E-state index contributed by atoms with van der Waals surface area (Å²) in [7, 11) is 0. The average molecular weight is 306 g/mol. The van der Waals surface area contributed by atoms with Crippen LogP contribution in [0, 0.1) is 18.7 Å². The Kier molecular flexibility index (Phi) is 4.19. The Morgan fingerprint density at radius 2 is 2.00 bits per heavy atom. The third kappa shape index (κ3) is 3.23. The fourth-order valence-corrected chi connectivity index (χ4v) is 2.61. The molecule has 2 heterocycles. The van der Waals surface area contributed by atoms with Gasteiger partial charge in [0, 0.05) is 5.56 Å². The van der Waals surface area contributed by atoms with E-state index in [4.69, 9.17) is 21.4 Å². The monoisotopic (exact) mass is 306 g/mol. The van der Waals surface area contributed by atoms with Crippen molar-refractivity contribution >= 4 is 12.2 Å². The summed E-state index contributed by atoms with van der Waals surface area (Å²) in [4.78, 5) is 1.85. The largest absolute Gasteiger partial charge is 0.409 e. The number of quaternary nitrogens is 1. The van der Waals surface area contributed by atoms with Crippen molar-refractivity contribution in [1.29, 1.82) is 0 Å². The van der Waals surface area contributed by atoms with E-state index in [0.29, 0.717) is 10.7 Å². The summed E-state index contributed by atoms with van der Waals surface area (Å²) in [6.07, 6.45) is 0. The van der Waals surface area contributed by atoms with E-state index in [-0.39, 0.29) is 0 Å². The first-order valence-electron chi connectivity index (χ1n) is 7.20. The van der Waals surface area contributed by atoms with Crippen LogP contribution in [0.25, 0.3) is 11.5 Å². The normalized spacial score (nSPS) is 16.3. The molecule has 6 heteroatoms. The Bertz CT molecular complexity index is 686. The molecule has 1 saturated heterocycles. The van der Waals surface area contributed by atoms with Gasteiger partial charge in [-0.1, -0.05) is 6.07 Å². The van der Waals surface area contributed by atoms with E-state index in [2.05, 4.69) is 31.1 Å². The van der Waals surface area contributed by atoms with Gasteiger partial charge in [-0.15, -0.1) is 5.10 Å². The number of rotatable bonds is 3. The quantitative estimate of drug-likeness (QED) is 0.870. The van der Waals surface area contributed by atoms with Crippen LogP contribution in [0.1, 0.15) is 11.1 Å². The Labute approximate surface area is 129 Å². The number of nitrogens with zero attached hydrogens (tertiary/aromatic N) is 2. The molecule has 1 aliphatic heterocycles. The van der Waals surface area contributed by atoms with E-state index >= 15 is 0 Å². The van der Waals surface area contributed by atoms with Crippen molar-refractivity contribution in [2.24, 2.45) is 0 Å². The molecule has 0 spiro atoms. The second kappa shape index (κ2) is 6.09. The SMILES string of the molecule is Cc1ccc(-c2nn(C[NH+]3CCOCC3)c(=S)o2)cc1C. The third-order valence-corrected chi connectivity index (χ3v) is 4.23. The van der Waals surface area contributed by atoms with Crippen molar-refractivity contribution in [2.45, 2.75) is 20.5 Å². The molecule has 0 amide bonds. The number of hydrogen-bond acceptors (Lipinski definition) is 4. The molecule has 112 valence electrons. The molecule has 2 aromatic rings. The lowest BCUT2D eigenvalue weighted by Crippen LogP contribution is -3.13. The molecule has 0 saturated carbocycles. The Balaban J connectivity index is 1.83. The molecule has 0 radical (unpaired) electrons. The number of nitrogens with one attached hydrogen (secondary N) is 1. The standard InChI is InChI=1S/C15H19N3O2S/c1-11-3-4-13(9-12(11)2)14-16-18(15(21)20-14)10-17-5-7-19-8-6-17/h3-4,9H,5-8,10H2,1-2H3/p+1. The number of ether oxygens (including phenoxy) is 1. The summed E-state index contributed by atoms with van der Waals surface area (Å²) in [6.45, 7) is 8.46. The van der Waals surface area contributed by atoms with E-state index in [1.165, 1.54) is 16.0 Å². The summed E-state index contributed by atoms with van der Waals surface area (Å²) in [6, 6.07) is 6.19. The minimum Gasteiger partial charge on any atom is -0.409 e. The van der Waals surface area contributed by atoms with Crippen molar-refractivity contribution < 1.29 is 14.1 Å². The molecular formula is C15H20N3O2S+. The predicted molar refractivity (Wildman–Crippen MR) is 81.8 cm³/mol. The van der Waals surface area contributed by atoms with E-state index in [0.717, 1.165) is 38.5 Å². The van der Waals surface area contributed by atoms with Gasteiger partial charge in [0.15, 0.2) is 6.67 Å². The number of aromatic nitrogens is 2. The molecule has 1 N–H and O–H groups in total. The minimum absolute atomic E-state index is 0.433. The summed E-state index contributed by atoms with van der Waals surface area (Å²) in [5, 5.41) is 4.53. The molecule has 1 aliphatic rings. The van der Waals surface area contributed by atoms with Gasteiger partial charge in [0.05, 0.1) is 13.2 Å². The molecule has 1 aromatic heterocycles. The average Bonchev–Trinajstić information content (AvgIpc) is 2.84. The number of hydrogen-bond donors (Lipinski definition) is 1. The number of benzene rings is 1. The van der Waals surface area contributed by atoms with Gasteiger partial charge in [-0.3, -0.25) is 0 Å². The maximum atomic E-state index is 5.66. The zero-order chi connectivity index (χ0) is 14.8. The predicted octanol–water partition coefficient (Wildman–Crippen LogP) is 1.36. The first-order valence-corrected chi connectivity index (χ1v) is 7.61. The van der Waals surface area contributed by atoms with E-state index in [9.17, 15) is 0 Å². The zero-order valence-electron chi connectivity index (χ0n) is 12.4. The van der Waals surface area contributed by atoms with Crippen LogP contribution < -0.4 is 4.90 Å². The molecule has 0 atom stereocenters. The van der Waals surface area contributed by atoms with Crippen LogP contribution in [0.3, 0.4) is 0 Å². The summed E-state index contributed by atoms with van der Waals surface area (Å²) >= 11 is 5.29. The molecule has 0 aliphatic carbocycles. The lowest BCUT2D eigenvalue weighted by Gasteiger charge is -2.22. The fraction of sp³-hybridized carbons (Fsp3) is 0.467. The van der Waals surface area contributed by atoms with Crippen molar-refractivity contribution in [3.63, 3.8) is 0 Å². The third-order valence-electron chi connectivity index (χ3n) is 3.93. The smallest absolute Gasteiger partial charge is 0.292 e. The molecule has 0 bridgehead atoms. The second-order valence-corrected chi connectivity index (χ2v) is 5.84. The number of aryl methyl sites for hydroxylation is 2. The first kappa shape index (κ1) is 14.4. The lowest BCUT2D eigenvalue weighted by molar-refractivity contribution is -0.931. The van der Waals surface area contributed by atoms with Crippen LogP contribution in [-0.2, 0) is 11.4 Å². The van der Waals surface area contributed by atoms with Crippen molar-refractivity contribution in [3.05, 3.63) is 34.2 Å². The highest BCUT2D eigenvalue weighted by atomic mass is 32.1. The Morgan fingerprint density at radius 1 is 1.24 bits per heavy atom. The first-order chi connectivity index (χ1) is 10.1. The van der Waals surface area contributed by atoms with Gasteiger partial charge in [0.2, 0.25) is 5.89 Å². The van der Waals surface area contributed by atoms with E-state index in [1.54, 1.807) is 4.68 Å². The van der Waals surface area contributed by atoms with Crippen LogP contribution in [0.5, 0.6) is 0 Å². The van der Waals surface area contributed by atoms with Crippen molar-refractivity contribution in [1.82, 2.24) is 9.78 Å².